The van der Waals surface area contributed by atoms with Crippen molar-refractivity contribution in [3.63, 3.8) is 0 Å². The molecule has 2 aromatic rings. The van der Waals surface area contributed by atoms with E-state index in [1.807, 2.05) is 12.1 Å². The van der Waals surface area contributed by atoms with Crippen molar-refractivity contribution in [3.8, 4) is 0 Å². The number of thiophene rings is 1. The van der Waals surface area contributed by atoms with E-state index in [9.17, 15) is 14.4 Å². The molecule has 1 fully saturated rings. The Labute approximate surface area is 198 Å². The highest BCUT2D eigenvalue weighted by molar-refractivity contribution is 7.18. The predicted octanol–water partition coefficient (Wildman–Crippen LogP) is 3.48. The second kappa shape index (κ2) is 11.3. The summed E-state index contributed by atoms with van der Waals surface area (Å²) in [6, 6.07) is 8.29. The lowest BCUT2D eigenvalue weighted by molar-refractivity contribution is -0.117. The number of esters is 2. The van der Waals surface area contributed by atoms with Crippen LogP contribution >= 0.6 is 11.3 Å². The molecule has 0 atom stereocenters. The van der Waals surface area contributed by atoms with Crippen LogP contribution in [-0.4, -0.2) is 68.7 Å². The van der Waals surface area contributed by atoms with Gasteiger partial charge in [0, 0.05) is 31.9 Å². The molecule has 33 heavy (non-hydrogen) atoms. The van der Waals surface area contributed by atoms with Crippen LogP contribution in [0.5, 0.6) is 0 Å². The van der Waals surface area contributed by atoms with Crippen LogP contribution in [0, 0.1) is 13.8 Å². The molecule has 0 spiro atoms. The lowest BCUT2D eigenvalue weighted by Gasteiger charge is -2.36. The molecule has 1 saturated heterocycles. The zero-order valence-electron chi connectivity index (χ0n) is 19.6. The molecule has 3 rings (SSSR count). The first-order chi connectivity index (χ1) is 15.8. The summed E-state index contributed by atoms with van der Waals surface area (Å²) >= 11 is 1.04. The zero-order chi connectivity index (χ0) is 24.0. The molecule has 0 bridgehead atoms. The normalized spacial score (nSPS) is 14.1. The SMILES string of the molecule is CCOC(=O)c1sc(NC(=O)CN2CCN(c3ccccc3C)CC2)c(C(=O)OCC)c1C. The molecule has 1 aliphatic rings. The number of hydrogen-bond donors (Lipinski definition) is 1. The van der Waals surface area contributed by atoms with Gasteiger partial charge in [0.1, 0.15) is 9.88 Å². The summed E-state index contributed by atoms with van der Waals surface area (Å²) in [5, 5.41) is 3.14. The number of nitrogens with zero attached hydrogens (tertiary/aromatic N) is 2. The lowest BCUT2D eigenvalue weighted by Crippen LogP contribution is -2.48. The van der Waals surface area contributed by atoms with Crippen molar-refractivity contribution in [2.45, 2.75) is 27.7 Å². The summed E-state index contributed by atoms with van der Waals surface area (Å²) in [6.07, 6.45) is 0. The fourth-order valence-electron chi connectivity index (χ4n) is 3.88. The molecular weight excluding hydrogens is 442 g/mol. The predicted molar refractivity (Wildman–Crippen MR) is 129 cm³/mol. The number of amides is 1. The number of carbonyl (C=O) groups excluding carboxylic acids is 3. The van der Waals surface area contributed by atoms with Gasteiger partial charge in [-0.1, -0.05) is 18.2 Å². The van der Waals surface area contributed by atoms with E-state index in [-0.39, 0.29) is 31.2 Å². The minimum absolute atomic E-state index is 0.196. The highest BCUT2D eigenvalue weighted by atomic mass is 32.1. The van der Waals surface area contributed by atoms with E-state index >= 15 is 0 Å². The first kappa shape index (κ1) is 24.7. The fourth-order valence-corrected chi connectivity index (χ4v) is 4.98. The number of ether oxygens (including phenoxy) is 2. The van der Waals surface area contributed by atoms with E-state index in [2.05, 4.69) is 34.2 Å². The molecule has 1 aromatic carbocycles. The van der Waals surface area contributed by atoms with Gasteiger partial charge >= 0.3 is 11.9 Å². The first-order valence-electron chi connectivity index (χ1n) is 11.2. The second-order valence-electron chi connectivity index (χ2n) is 7.80. The van der Waals surface area contributed by atoms with Crippen LogP contribution in [0.15, 0.2) is 24.3 Å². The van der Waals surface area contributed by atoms with Gasteiger partial charge in [-0.25, -0.2) is 9.59 Å². The average molecular weight is 474 g/mol. The van der Waals surface area contributed by atoms with E-state index in [1.165, 1.54) is 11.3 Å². The van der Waals surface area contributed by atoms with Crippen LogP contribution in [0.1, 0.15) is 45.0 Å². The van der Waals surface area contributed by atoms with Crippen molar-refractivity contribution in [3.05, 3.63) is 45.8 Å². The monoisotopic (exact) mass is 473 g/mol. The van der Waals surface area contributed by atoms with Gasteiger partial charge in [-0.2, -0.15) is 0 Å². The maximum atomic E-state index is 12.8. The molecule has 1 amide bonds. The van der Waals surface area contributed by atoms with Crippen molar-refractivity contribution in [2.75, 3.05) is 56.2 Å². The Morgan fingerprint density at radius 2 is 1.61 bits per heavy atom. The van der Waals surface area contributed by atoms with Crippen molar-refractivity contribution in [1.29, 1.82) is 0 Å². The van der Waals surface area contributed by atoms with Crippen molar-refractivity contribution < 1.29 is 23.9 Å². The number of nitrogens with one attached hydrogen (secondary N) is 1. The number of para-hydroxylation sites is 1. The molecule has 1 aliphatic heterocycles. The van der Waals surface area contributed by atoms with Gasteiger partial charge in [0.15, 0.2) is 0 Å². The van der Waals surface area contributed by atoms with E-state index < -0.39 is 11.9 Å². The first-order valence-corrected chi connectivity index (χ1v) is 12.0. The summed E-state index contributed by atoms with van der Waals surface area (Å²) in [6.45, 7) is 11.0. The summed E-state index contributed by atoms with van der Waals surface area (Å²) < 4.78 is 10.2. The van der Waals surface area contributed by atoms with Gasteiger partial charge in [-0.15, -0.1) is 11.3 Å². The van der Waals surface area contributed by atoms with Crippen molar-refractivity contribution in [2.24, 2.45) is 0 Å². The Morgan fingerprint density at radius 3 is 2.24 bits per heavy atom. The van der Waals surface area contributed by atoms with Gasteiger partial charge in [-0.3, -0.25) is 9.69 Å². The number of piperazine rings is 1. The Hall–Kier alpha value is -2.91. The number of carbonyl (C=O) groups is 3. The third-order valence-electron chi connectivity index (χ3n) is 5.54. The molecule has 2 heterocycles. The van der Waals surface area contributed by atoms with Crippen LogP contribution < -0.4 is 10.2 Å². The fraction of sp³-hybridized carbons (Fsp3) is 0.458. The zero-order valence-corrected chi connectivity index (χ0v) is 20.4. The number of anilines is 2. The van der Waals surface area contributed by atoms with Crippen LogP contribution in [0.25, 0.3) is 0 Å². The molecular formula is C24H31N3O5S. The van der Waals surface area contributed by atoms with Crippen LogP contribution in [0.4, 0.5) is 10.7 Å². The van der Waals surface area contributed by atoms with E-state index in [1.54, 1.807) is 20.8 Å². The minimum atomic E-state index is -0.566. The maximum Gasteiger partial charge on any atom is 0.348 e. The third kappa shape index (κ3) is 5.91. The van der Waals surface area contributed by atoms with Crippen molar-refractivity contribution in [1.82, 2.24) is 4.90 Å². The Bertz CT molecular complexity index is 1010. The Balaban J connectivity index is 1.66. The number of benzene rings is 1. The molecule has 178 valence electrons. The summed E-state index contributed by atoms with van der Waals surface area (Å²) in [7, 11) is 0. The maximum absolute atomic E-state index is 12.8. The molecule has 0 aliphatic carbocycles. The topological polar surface area (TPSA) is 88.2 Å². The van der Waals surface area contributed by atoms with Crippen molar-refractivity contribution >= 4 is 39.9 Å². The van der Waals surface area contributed by atoms with Gasteiger partial charge in [-0.05, 0) is 44.9 Å². The highest BCUT2D eigenvalue weighted by Gasteiger charge is 2.28. The van der Waals surface area contributed by atoms with Gasteiger partial charge < -0.3 is 19.7 Å². The van der Waals surface area contributed by atoms with Gasteiger partial charge in [0.05, 0.1) is 25.3 Å². The number of hydrogen-bond acceptors (Lipinski definition) is 8. The quantitative estimate of drug-likeness (QED) is 0.587. The van der Waals surface area contributed by atoms with Gasteiger partial charge in [0.25, 0.3) is 0 Å². The second-order valence-corrected chi connectivity index (χ2v) is 8.82. The smallest absolute Gasteiger partial charge is 0.348 e. The molecule has 0 saturated carbocycles. The molecule has 9 heteroatoms. The molecule has 0 unspecified atom stereocenters. The molecule has 8 nitrogen and oxygen atoms in total. The Morgan fingerprint density at radius 1 is 0.970 bits per heavy atom. The Kier molecular flexibility index (Phi) is 8.46. The van der Waals surface area contributed by atoms with E-state index in [0.29, 0.717) is 15.4 Å². The van der Waals surface area contributed by atoms with Crippen LogP contribution in [0.3, 0.4) is 0 Å². The highest BCUT2D eigenvalue weighted by Crippen LogP contribution is 2.34. The summed E-state index contributed by atoms with van der Waals surface area (Å²) in [5.41, 5.74) is 3.13. The summed E-state index contributed by atoms with van der Waals surface area (Å²) in [5.74, 6) is -1.32. The van der Waals surface area contributed by atoms with E-state index in [4.69, 9.17) is 9.47 Å². The molecule has 1 N–H and O–H groups in total. The standard InChI is InChI=1S/C24H31N3O5S/c1-5-31-23(29)20-17(4)21(24(30)32-6-2)33-22(20)25-19(28)15-26-11-13-27(14-12-26)18-10-8-7-9-16(18)3/h7-10H,5-6,11-15H2,1-4H3,(H,25,28). The largest absolute Gasteiger partial charge is 0.462 e. The summed E-state index contributed by atoms with van der Waals surface area (Å²) in [4.78, 5) is 42.3. The van der Waals surface area contributed by atoms with Crippen LogP contribution in [-0.2, 0) is 14.3 Å². The van der Waals surface area contributed by atoms with E-state index in [0.717, 1.165) is 37.5 Å². The average Bonchev–Trinajstić information content (AvgIpc) is 3.10. The minimum Gasteiger partial charge on any atom is -0.462 e. The molecule has 0 radical (unpaired) electrons. The van der Waals surface area contributed by atoms with Gasteiger partial charge in [0.2, 0.25) is 5.91 Å². The number of aryl methyl sites for hydroxylation is 1. The lowest BCUT2D eigenvalue weighted by atomic mass is 10.1. The third-order valence-corrected chi connectivity index (χ3v) is 6.72. The van der Waals surface area contributed by atoms with Crippen LogP contribution in [0.2, 0.25) is 0 Å². The molecule has 1 aromatic heterocycles. The number of rotatable bonds is 8.